The Morgan fingerprint density at radius 3 is 2.80 bits per heavy atom. The van der Waals surface area contributed by atoms with Gasteiger partial charge in [-0.05, 0) is 24.6 Å². The van der Waals surface area contributed by atoms with Crippen molar-refractivity contribution in [2.24, 2.45) is 0 Å². The highest BCUT2D eigenvalue weighted by molar-refractivity contribution is 9.10. The molecule has 5 nitrogen and oxygen atoms in total. The summed E-state index contributed by atoms with van der Waals surface area (Å²) in [6.45, 7) is 2.31. The Bertz CT molecular complexity index is 646. The summed E-state index contributed by atoms with van der Waals surface area (Å²) in [4.78, 5) is 21.1. The average molecular weight is 336 g/mol. The lowest BCUT2D eigenvalue weighted by Crippen LogP contribution is -2.20. The lowest BCUT2D eigenvalue weighted by atomic mass is 10.2. The van der Waals surface area contributed by atoms with Crippen LogP contribution >= 0.6 is 15.9 Å². The van der Waals surface area contributed by atoms with Crippen molar-refractivity contribution in [3.8, 4) is 0 Å². The third kappa shape index (κ3) is 3.33. The summed E-state index contributed by atoms with van der Waals surface area (Å²) in [5.41, 5.74) is 1.71. The van der Waals surface area contributed by atoms with Crippen LogP contribution in [0.15, 0.2) is 34.9 Å². The Morgan fingerprint density at radius 1 is 1.45 bits per heavy atom. The summed E-state index contributed by atoms with van der Waals surface area (Å²) in [6, 6.07) is 7.97. The molecule has 6 heteroatoms. The van der Waals surface area contributed by atoms with E-state index < -0.39 is 5.97 Å². The number of nitrogens with zero attached hydrogens (tertiary/aromatic N) is 3. The minimum absolute atomic E-state index is 0.129. The van der Waals surface area contributed by atoms with Gasteiger partial charge in [0, 0.05) is 24.3 Å². The van der Waals surface area contributed by atoms with E-state index in [1.807, 2.05) is 36.2 Å². The molecule has 0 bridgehead atoms. The van der Waals surface area contributed by atoms with Crippen molar-refractivity contribution in [1.82, 2.24) is 9.97 Å². The van der Waals surface area contributed by atoms with Gasteiger partial charge < -0.3 is 10.0 Å². The van der Waals surface area contributed by atoms with E-state index in [0.717, 1.165) is 10.0 Å². The van der Waals surface area contributed by atoms with E-state index in [0.29, 0.717) is 18.2 Å². The minimum atomic E-state index is -1.01. The Kier molecular flexibility index (Phi) is 4.34. The number of carboxylic acids is 1. The van der Waals surface area contributed by atoms with Crippen LogP contribution in [0.1, 0.15) is 21.6 Å². The molecule has 0 aliphatic rings. The number of carboxylic acid groups (broad SMARTS) is 1. The van der Waals surface area contributed by atoms with Gasteiger partial charge in [0.2, 0.25) is 5.95 Å². The van der Waals surface area contributed by atoms with Crippen LogP contribution in [-0.2, 0) is 6.54 Å². The van der Waals surface area contributed by atoms with Gasteiger partial charge in [-0.1, -0.05) is 28.1 Å². The molecule has 0 amide bonds. The standard InChI is InChI=1S/C14H14BrN3O2/c1-9-12(13(19)20)7-16-14(17-9)18(2)8-10-4-3-5-11(15)6-10/h3-7H,8H2,1-2H3,(H,19,20). The van der Waals surface area contributed by atoms with Gasteiger partial charge in [-0.25, -0.2) is 14.8 Å². The highest BCUT2D eigenvalue weighted by Crippen LogP contribution is 2.16. The van der Waals surface area contributed by atoms with Crippen LogP contribution < -0.4 is 4.90 Å². The van der Waals surface area contributed by atoms with Gasteiger partial charge in [-0.3, -0.25) is 0 Å². The lowest BCUT2D eigenvalue weighted by molar-refractivity contribution is 0.0695. The van der Waals surface area contributed by atoms with Crippen LogP contribution in [0.4, 0.5) is 5.95 Å². The summed E-state index contributed by atoms with van der Waals surface area (Å²) >= 11 is 3.43. The zero-order chi connectivity index (χ0) is 14.7. The van der Waals surface area contributed by atoms with Crippen molar-refractivity contribution >= 4 is 27.8 Å². The number of aromatic carboxylic acids is 1. The van der Waals surface area contributed by atoms with Crippen LogP contribution in [0, 0.1) is 6.92 Å². The van der Waals surface area contributed by atoms with Gasteiger partial charge in [-0.2, -0.15) is 0 Å². The summed E-state index contributed by atoms with van der Waals surface area (Å²) in [5.74, 6) is -0.504. The predicted octanol–water partition coefficient (Wildman–Crippen LogP) is 2.88. The van der Waals surface area contributed by atoms with Crippen LogP contribution in [0.2, 0.25) is 0 Å². The van der Waals surface area contributed by atoms with E-state index in [1.54, 1.807) is 6.92 Å². The van der Waals surface area contributed by atoms with Gasteiger partial charge in [0.25, 0.3) is 0 Å². The Morgan fingerprint density at radius 2 is 2.20 bits per heavy atom. The normalized spacial score (nSPS) is 10.3. The first-order chi connectivity index (χ1) is 9.47. The maximum Gasteiger partial charge on any atom is 0.339 e. The molecule has 0 saturated heterocycles. The molecule has 0 spiro atoms. The highest BCUT2D eigenvalue weighted by Gasteiger charge is 2.12. The lowest BCUT2D eigenvalue weighted by Gasteiger charge is -2.17. The number of aryl methyl sites for hydroxylation is 1. The SMILES string of the molecule is Cc1nc(N(C)Cc2cccc(Br)c2)ncc1C(=O)O. The second-order valence-corrected chi connectivity index (χ2v) is 5.38. The van der Waals surface area contributed by atoms with E-state index in [2.05, 4.69) is 25.9 Å². The fraction of sp³-hybridized carbons (Fsp3) is 0.214. The first-order valence-electron chi connectivity index (χ1n) is 6.00. The van der Waals surface area contributed by atoms with Crippen molar-refractivity contribution in [1.29, 1.82) is 0 Å². The fourth-order valence-corrected chi connectivity index (χ4v) is 2.28. The summed E-state index contributed by atoms with van der Waals surface area (Å²) in [6.07, 6.45) is 1.34. The molecule has 0 aliphatic heterocycles. The van der Waals surface area contributed by atoms with Crippen molar-refractivity contribution in [2.75, 3.05) is 11.9 Å². The molecule has 0 fully saturated rings. The van der Waals surface area contributed by atoms with Crippen LogP contribution in [0.3, 0.4) is 0 Å². The van der Waals surface area contributed by atoms with E-state index >= 15 is 0 Å². The zero-order valence-corrected chi connectivity index (χ0v) is 12.8. The molecule has 2 aromatic rings. The molecule has 0 saturated carbocycles. The van der Waals surface area contributed by atoms with Crippen LogP contribution in [0.5, 0.6) is 0 Å². The zero-order valence-electron chi connectivity index (χ0n) is 11.2. The molecule has 1 heterocycles. The second-order valence-electron chi connectivity index (χ2n) is 4.46. The fourth-order valence-electron chi connectivity index (χ4n) is 1.83. The average Bonchev–Trinajstić information content (AvgIpc) is 2.38. The Balaban J connectivity index is 2.19. The molecular weight excluding hydrogens is 322 g/mol. The number of rotatable bonds is 4. The van der Waals surface area contributed by atoms with Gasteiger partial charge >= 0.3 is 5.97 Å². The summed E-state index contributed by atoms with van der Waals surface area (Å²) in [5, 5.41) is 8.96. The minimum Gasteiger partial charge on any atom is -0.478 e. The van der Waals surface area contributed by atoms with Crippen LogP contribution in [-0.4, -0.2) is 28.1 Å². The number of anilines is 1. The van der Waals surface area contributed by atoms with Crippen LogP contribution in [0.25, 0.3) is 0 Å². The molecule has 20 heavy (non-hydrogen) atoms. The number of hydrogen-bond donors (Lipinski definition) is 1. The van der Waals surface area contributed by atoms with Gasteiger partial charge in [0.1, 0.15) is 0 Å². The molecule has 0 aliphatic carbocycles. The number of aromatic nitrogens is 2. The first-order valence-corrected chi connectivity index (χ1v) is 6.79. The molecule has 0 radical (unpaired) electrons. The van der Waals surface area contributed by atoms with E-state index in [1.165, 1.54) is 6.20 Å². The molecular formula is C14H14BrN3O2. The van der Waals surface area contributed by atoms with Crippen molar-refractivity contribution in [2.45, 2.75) is 13.5 Å². The Hall–Kier alpha value is -1.95. The monoisotopic (exact) mass is 335 g/mol. The number of benzene rings is 1. The molecule has 1 N–H and O–H groups in total. The van der Waals surface area contributed by atoms with Crippen molar-refractivity contribution in [3.63, 3.8) is 0 Å². The molecule has 1 aromatic heterocycles. The molecule has 2 rings (SSSR count). The van der Waals surface area contributed by atoms with Gasteiger partial charge in [-0.15, -0.1) is 0 Å². The third-order valence-corrected chi connectivity index (χ3v) is 3.34. The molecule has 104 valence electrons. The van der Waals surface area contributed by atoms with Gasteiger partial charge in [0.05, 0.1) is 11.3 Å². The number of halogens is 1. The molecule has 0 unspecified atom stereocenters. The molecule has 1 aromatic carbocycles. The van der Waals surface area contributed by atoms with Crippen molar-refractivity contribution < 1.29 is 9.90 Å². The summed E-state index contributed by atoms with van der Waals surface area (Å²) < 4.78 is 1.02. The third-order valence-electron chi connectivity index (χ3n) is 2.85. The number of hydrogen-bond acceptors (Lipinski definition) is 4. The van der Waals surface area contributed by atoms with E-state index in [-0.39, 0.29) is 5.56 Å². The number of carbonyl (C=O) groups is 1. The molecule has 0 atom stereocenters. The van der Waals surface area contributed by atoms with E-state index in [9.17, 15) is 4.79 Å². The quantitative estimate of drug-likeness (QED) is 0.930. The van der Waals surface area contributed by atoms with Gasteiger partial charge in [0.15, 0.2) is 0 Å². The first kappa shape index (κ1) is 14.5. The smallest absolute Gasteiger partial charge is 0.339 e. The maximum atomic E-state index is 10.9. The topological polar surface area (TPSA) is 66.3 Å². The Labute approximate surface area is 125 Å². The second kappa shape index (κ2) is 6.00. The maximum absolute atomic E-state index is 10.9. The predicted molar refractivity (Wildman–Crippen MR) is 80.0 cm³/mol. The van der Waals surface area contributed by atoms with Crippen molar-refractivity contribution in [3.05, 3.63) is 51.8 Å². The highest BCUT2D eigenvalue weighted by atomic mass is 79.9. The largest absolute Gasteiger partial charge is 0.478 e. The van der Waals surface area contributed by atoms with E-state index in [4.69, 9.17) is 5.11 Å². The summed E-state index contributed by atoms with van der Waals surface area (Å²) in [7, 11) is 1.87.